The van der Waals surface area contributed by atoms with Crippen molar-refractivity contribution in [2.24, 2.45) is 0 Å². The average Bonchev–Trinajstić information content (AvgIpc) is 3.67. The van der Waals surface area contributed by atoms with E-state index in [1.807, 2.05) is 0 Å². The summed E-state index contributed by atoms with van der Waals surface area (Å²) in [5, 5.41) is 0. The van der Waals surface area contributed by atoms with Gasteiger partial charge in [-0.05, 0) is 31.6 Å². The lowest BCUT2D eigenvalue weighted by Gasteiger charge is -2.44. The number of benzene rings is 6. The van der Waals surface area contributed by atoms with E-state index in [-0.39, 0.29) is 10.8 Å². The summed E-state index contributed by atoms with van der Waals surface area (Å²) in [6.07, 6.45) is -0.441. The zero-order valence-corrected chi connectivity index (χ0v) is 37.4. The molecule has 0 unspecified atom stereocenters. The molecular weight excluding hydrogens is 1010 g/mol. The van der Waals surface area contributed by atoms with Gasteiger partial charge in [-0.2, -0.15) is 4.58 Å². The Labute approximate surface area is 394 Å². The molecule has 2 nitrogen and oxygen atoms in total. The third-order valence-electron chi connectivity index (χ3n) is 13.1. The Kier molecular flexibility index (Phi) is 13.3. The fraction of sp³-hybridized carbons (Fsp3) is 0.163. The molecule has 0 atom stereocenters. The second-order valence-electron chi connectivity index (χ2n) is 17.5. The van der Waals surface area contributed by atoms with Gasteiger partial charge in [0.1, 0.15) is 59.7 Å². The van der Waals surface area contributed by atoms with Crippen molar-refractivity contribution in [3.8, 4) is 0 Å². The first-order valence-electron chi connectivity index (χ1n) is 20.6. The fourth-order valence-electron chi connectivity index (χ4n) is 9.71. The van der Waals surface area contributed by atoms with Crippen molar-refractivity contribution in [3.05, 3.63) is 200 Å². The Bertz CT molecular complexity index is 3020. The number of anilines is 1. The van der Waals surface area contributed by atoms with Gasteiger partial charge < -0.3 is 4.90 Å². The predicted molar refractivity (Wildman–Crippen MR) is 225 cm³/mol. The summed E-state index contributed by atoms with van der Waals surface area (Å²) in [7, 11) is 4.34. The van der Waals surface area contributed by atoms with Gasteiger partial charge in [0.15, 0.2) is 75.5 Å². The van der Waals surface area contributed by atoms with Gasteiger partial charge in [0.25, 0.3) is 0 Å². The minimum Gasteiger partial charge on any atom is -0.347 e. The van der Waals surface area contributed by atoms with Gasteiger partial charge in [0, 0.05) is 41.6 Å². The van der Waals surface area contributed by atoms with Gasteiger partial charge >= 0.3 is 0 Å². The van der Waals surface area contributed by atoms with E-state index in [9.17, 15) is 52.7 Å². The quantitative estimate of drug-likeness (QED) is 0.0530. The Balaban J connectivity index is 0.000000238. The Morgan fingerprint density at radius 2 is 0.694 bits per heavy atom. The summed E-state index contributed by atoms with van der Waals surface area (Å²) in [6, 6.07) is 17.4. The molecule has 0 saturated heterocycles. The summed E-state index contributed by atoms with van der Waals surface area (Å²) in [6.45, 7) is 9.24. The minimum atomic E-state index is -7.22. The molecule has 2 aliphatic heterocycles. The van der Waals surface area contributed by atoms with Crippen molar-refractivity contribution in [2.45, 2.75) is 38.5 Å². The number of likely N-dealkylation sites (N-methyl/N-ethyl adjacent to an activating group) is 1. The molecule has 2 heterocycles. The van der Waals surface area contributed by atoms with Crippen LogP contribution in [0, 0.1) is 116 Å². The second kappa shape index (κ2) is 18.2. The maximum absolute atomic E-state index is 15.4. The van der Waals surface area contributed by atoms with E-state index in [1.54, 1.807) is 0 Å². The smallest absolute Gasteiger partial charge is 0.209 e. The van der Waals surface area contributed by atoms with Crippen LogP contribution in [0.3, 0.4) is 0 Å². The molecule has 0 aromatic heterocycles. The Morgan fingerprint density at radius 1 is 0.403 bits per heavy atom. The van der Waals surface area contributed by atoms with Crippen molar-refractivity contribution >= 4 is 45.1 Å². The summed E-state index contributed by atoms with van der Waals surface area (Å²) in [5.41, 5.74) is -6.24. The standard InChI is InChI=1S/C25H29N2.C24BF20/c1-24(2)18-12-7-9-14-20(18)26(5)22(24)16-11-17-23-25(3,4)19-13-8-10-15-21(19)27(23)6;26-5-1(6(27)14(35)21(42)13(5)34)25(2-7(28)15(36)22(43)16(37)8(2)29,3-9(30)17(38)23(44)18(39)10(3)31)4-11(32)19(40)24(45)20(41)12(4)33/h7-17H,1-6H3;/q+1;-1. The first kappa shape index (κ1) is 52.8. The van der Waals surface area contributed by atoms with Crippen molar-refractivity contribution in [3.63, 3.8) is 0 Å². The van der Waals surface area contributed by atoms with E-state index in [1.165, 1.54) is 33.9 Å². The first-order chi connectivity index (χ1) is 33.5. The van der Waals surface area contributed by atoms with Crippen LogP contribution in [0.15, 0.2) is 72.5 Å². The molecule has 0 saturated carbocycles. The second-order valence-corrected chi connectivity index (χ2v) is 17.5. The fourth-order valence-corrected chi connectivity index (χ4v) is 9.71. The van der Waals surface area contributed by atoms with Crippen LogP contribution in [0.25, 0.3) is 0 Å². The molecule has 0 fully saturated rings. The number of allylic oxidation sites excluding steroid dienone is 4. The molecule has 72 heavy (non-hydrogen) atoms. The number of hydrogen-bond donors (Lipinski definition) is 0. The zero-order valence-electron chi connectivity index (χ0n) is 37.4. The highest BCUT2D eigenvalue weighted by Gasteiger charge is 2.52. The minimum absolute atomic E-state index is 0.0143. The number of nitrogens with zero attached hydrogens (tertiary/aromatic N) is 2. The normalized spacial score (nSPS) is 15.5. The topological polar surface area (TPSA) is 6.25 Å². The molecule has 378 valence electrons. The van der Waals surface area contributed by atoms with Crippen LogP contribution in [0.1, 0.15) is 38.8 Å². The number of para-hydroxylation sites is 2. The van der Waals surface area contributed by atoms with Crippen LogP contribution in [0.5, 0.6) is 0 Å². The third-order valence-corrected chi connectivity index (χ3v) is 13.1. The molecule has 2 aliphatic rings. The molecule has 0 bridgehead atoms. The van der Waals surface area contributed by atoms with E-state index in [0.29, 0.717) is 0 Å². The molecule has 0 aliphatic carbocycles. The van der Waals surface area contributed by atoms with Crippen molar-refractivity contribution in [1.82, 2.24) is 0 Å². The summed E-state index contributed by atoms with van der Waals surface area (Å²) in [5.74, 6) is -71.4. The highest BCUT2D eigenvalue weighted by molar-refractivity contribution is 7.20. The largest absolute Gasteiger partial charge is 0.347 e. The van der Waals surface area contributed by atoms with Crippen LogP contribution in [-0.4, -0.2) is 30.5 Å². The Morgan fingerprint density at radius 3 is 1.01 bits per heavy atom. The van der Waals surface area contributed by atoms with Gasteiger partial charge in [-0.15, -0.1) is 21.9 Å². The number of hydrogen-bond acceptors (Lipinski definition) is 1. The monoisotopic (exact) mass is 1040 g/mol. The molecule has 0 N–H and O–H groups in total. The number of halogens is 20. The lowest BCUT2D eigenvalue weighted by Crippen LogP contribution is -2.81. The highest BCUT2D eigenvalue weighted by Crippen LogP contribution is 2.47. The lowest BCUT2D eigenvalue weighted by atomic mass is 9.12. The van der Waals surface area contributed by atoms with Crippen molar-refractivity contribution in [1.29, 1.82) is 0 Å². The van der Waals surface area contributed by atoms with Crippen molar-refractivity contribution < 1.29 is 92.4 Å². The number of fused-ring (bicyclic) bond motifs is 2. The SMILES string of the molecule is CN1/C(=C/C=C/C2=[N+](C)c3ccccc3C2(C)C)C(C)(C)c2ccccc21.Fc1c(F)c(F)c([B-](c2c(F)c(F)c(F)c(F)c2F)(c2c(F)c(F)c(F)c(F)c2F)c2c(F)c(F)c(F)c(F)c2F)c(F)c1F. The van der Waals surface area contributed by atoms with Gasteiger partial charge in [0.05, 0.1) is 5.41 Å². The van der Waals surface area contributed by atoms with E-state index in [0.717, 1.165) is 0 Å². The maximum Gasteiger partial charge on any atom is 0.209 e. The molecule has 0 amide bonds. The summed E-state index contributed by atoms with van der Waals surface area (Å²) < 4.78 is 296. The van der Waals surface area contributed by atoms with Gasteiger partial charge in [-0.3, -0.25) is 0 Å². The maximum atomic E-state index is 15.4. The van der Waals surface area contributed by atoms with E-state index < -0.39 is 144 Å². The third kappa shape index (κ3) is 7.37. The molecule has 6 aromatic rings. The summed E-state index contributed by atoms with van der Waals surface area (Å²) >= 11 is 0. The summed E-state index contributed by atoms with van der Waals surface area (Å²) in [4.78, 5) is 2.32. The molecular formula is C49H29BF20N2. The van der Waals surface area contributed by atoms with Crippen LogP contribution in [-0.2, 0) is 10.8 Å². The van der Waals surface area contributed by atoms with Crippen LogP contribution < -0.4 is 26.8 Å². The van der Waals surface area contributed by atoms with E-state index in [2.05, 4.69) is 118 Å². The lowest BCUT2D eigenvalue weighted by molar-refractivity contribution is -0.401. The molecule has 23 heteroatoms. The average molecular weight is 1040 g/mol. The van der Waals surface area contributed by atoms with Gasteiger partial charge in [-0.1, -0.05) is 56.3 Å². The van der Waals surface area contributed by atoms with Crippen LogP contribution >= 0.6 is 0 Å². The highest BCUT2D eigenvalue weighted by atomic mass is 19.2. The van der Waals surface area contributed by atoms with Crippen LogP contribution in [0.4, 0.5) is 99.2 Å². The van der Waals surface area contributed by atoms with Gasteiger partial charge in [0.2, 0.25) is 5.69 Å². The zero-order chi connectivity index (χ0) is 53.8. The van der Waals surface area contributed by atoms with E-state index >= 15 is 35.1 Å². The van der Waals surface area contributed by atoms with Gasteiger partial charge in [-0.25, -0.2) is 87.8 Å². The van der Waals surface area contributed by atoms with Crippen molar-refractivity contribution in [2.75, 3.05) is 19.0 Å². The predicted octanol–water partition coefficient (Wildman–Crippen LogP) is 11.4. The molecule has 8 rings (SSSR count). The molecule has 0 radical (unpaired) electrons. The first-order valence-corrected chi connectivity index (χ1v) is 20.6. The molecule has 6 aromatic carbocycles. The van der Waals surface area contributed by atoms with Crippen LogP contribution in [0.2, 0.25) is 0 Å². The molecule has 0 spiro atoms. The Hall–Kier alpha value is -7.07. The number of rotatable bonds is 6. The van der Waals surface area contributed by atoms with E-state index in [4.69, 9.17) is 0 Å².